The Balaban J connectivity index is 1.75. The average molecular weight is 353 g/mol. The van der Waals surface area contributed by atoms with E-state index in [-0.39, 0.29) is 18.7 Å². The minimum atomic E-state index is -4.45. The summed E-state index contributed by atoms with van der Waals surface area (Å²) in [4.78, 5) is 14.0. The van der Waals surface area contributed by atoms with Gasteiger partial charge in [-0.15, -0.1) is 0 Å². The third-order valence-corrected chi connectivity index (χ3v) is 4.06. The standard InChI is InChI=1S/C18H15F4NO2/c19-15-4-2-1-3-14(15)16-11-23(9-10-25-16)17(24)12-5-7-13(8-6-12)18(20,21)22/h1-8,16H,9-11H2. The largest absolute Gasteiger partial charge is 0.416 e. The van der Waals surface area contributed by atoms with Crippen LogP contribution in [-0.4, -0.2) is 30.5 Å². The summed E-state index contributed by atoms with van der Waals surface area (Å²) in [7, 11) is 0. The number of hydrogen-bond donors (Lipinski definition) is 0. The molecule has 0 aromatic heterocycles. The van der Waals surface area contributed by atoms with Crippen LogP contribution in [0.3, 0.4) is 0 Å². The Bertz CT molecular complexity index is 758. The van der Waals surface area contributed by atoms with Gasteiger partial charge in [0, 0.05) is 17.7 Å². The number of alkyl halides is 3. The molecule has 1 fully saturated rings. The fourth-order valence-corrected chi connectivity index (χ4v) is 2.74. The summed E-state index contributed by atoms with van der Waals surface area (Å²) in [6.45, 7) is 0.664. The second-order valence-corrected chi connectivity index (χ2v) is 5.71. The van der Waals surface area contributed by atoms with Gasteiger partial charge >= 0.3 is 6.18 Å². The van der Waals surface area contributed by atoms with Crippen molar-refractivity contribution in [1.82, 2.24) is 4.90 Å². The molecule has 0 saturated carbocycles. The molecule has 1 aliphatic rings. The predicted molar refractivity (Wildman–Crippen MR) is 82.4 cm³/mol. The van der Waals surface area contributed by atoms with Crippen LogP contribution in [0.15, 0.2) is 48.5 Å². The number of halogens is 4. The number of rotatable bonds is 2. The van der Waals surface area contributed by atoms with Crippen molar-refractivity contribution in [3.63, 3.8) is 0 Å². The molecular weight excluding hydrogens is 338 g/mol. The smallest absolute Gasteiger partial charge is 0.370 e. The van der Waals surface area contributed by atoms with Gasteiger partial charge in [-0.2, -0.15) is 13.2 Å². The second kappa shape index (κ2) is 6.84. The normalized spacial score (nSPS) is 18.2. The third-order valence-electron chi connectivity index (χ3n) is 4.06. The lowest BCUT2D eigenvalue weighted by Gasteiger charge is -2.33. The zero-order valence-corrected chi connectivity index (χ0v) is 13.1. The Morgan fingerprint density at radius 2 is 1.76 bits per heavy atom. The maximum atomic E-state index is 13.9. The molecule has 2 aromatic rings. The molecular formula is C18H15F4NO2. The highest BCUT2D eigenvalue weighted by Crippen LogP contribution is 2.30. The van der Waals surface area contributed by atoms with Gasteiger partial charge in [0.05, 0.1) is 18.7 Å². The van der Waals surface area contributed by atoms with Crippen LogP contribution in [0.4, 0.5) is 17.6 Å². The number of morpholine rings is 1. The van der Waals surface area contributed by atoms with Crippen LogP contribution in [-0.2, 0) is 10.9 Å². The molecule has 2 aromatic carbocycles. The van der Waals surface area contributed by atoms with Crippen molar-refractivity contribution in [3.05, 3.63) is 71.0 Å². The van der Waals surface area contributed by atoms with E-state index >= 15 is 0 Å². The lowest BCUT2D eigenvalue weighted by atomic mass is 10.1. The highest BCUT2D eigenvalue weighted by Gasteiger charge is 2.31. The topological polar surface area (TPSA) is 29.5 Å². The first kappa shape index (κ1) is 17.4. The molecule has 1 atom stereocenters. The first-order chi connectivity index (χ1) is 11.9. The Morgan fingerprint density at radius 3 is 2.40 bits per heavy atom. The third kappa shape index (κ3) is 3.82. The zero-order chi connectivity index (χ0) is 18.0. The molecule has 132 valence electrons. The van der Waals surface area contributed by atoms with Gasteiger partial charge in [-0.3, -0.25) is 4.79 Å². The van der Waals surface area contributed by atoms with Gasteiger partial charge in [-0.1, -0.05) is 18.2 Å². The molecule has 0 radical (unpaired) electrons. The van der Waals surface area contributed by atoms with Gasteiger partial charge in [0.25, 0.3) is 5.91 Å². The van der Waals surface area contributed by atoms with Crippen LogP contribution in [0.2, 0.25) is 0 Å². The van der Waals surface area contributed by atoms with Gasteiger partial charge < -0.3 is 9.64 Å². The van der Waals surface area contributed by atoms with Gasteiger partial charge in [0.2, 0.25) is 0 Å². The fraction of sp³-hybridized carbons (Fsp3) is 0.278. The van der Waals surface area contributed by atoms with E-state index in [2.05, 4.69) is 0 Å². The zero-order valence-electron chi connectivity index (χ0n) is 13.1. The van der Waals surface area contributed by atoms with Gasteiger partial charge in [0.1, 0.15) is 11.9 Å². The molecule has 3 nitrogen and oxygen atoms in total. The molecule has 1 heterocycles. The average Bonchev–Trinajstić information content (AvgIpc) is 2.61. The van der Waals surface area contributed by atoms with Gasteiger partial charge in [-0.05, 0) is 30.3 Å². The minimum absolute atomic E-state index is 0.140. The van der Waals surface area contributed by atoms with Crippen LogP contribution in [0.1, 0.15) is 27.6 Å². The van der Waals surface area contributed by atoms with E-state index in [4.69, 9.17) is 4.74 Å². The number of carbonyl (C=O) groups excluding carboxylic acids is 1. The molecule has 1 unspecified atom stereocenters. The van der Waals surface area contributed by atoms with Crippen LogP contribution < -0.4 is 0 Å². The van der Waals surface area contributed by atoms with Gasteiger partial charge in [-0.25, -0.2) is 4.39 Å². The Hall–Kier alpha value is -2.41. The van der Waals surface area contributed by atoms with Crippen molar-refractivity contribution in [2.45, 2.75) is 12.3 Å². The van der Waals surface area contributed by atoms with Crippen molar-refractivity contribution in [3.8, 4) is 0 Å². The number of nitrogens with zero attached hydrogens (tertiary/aromatic N) is 1. The first-order valence-electron chi connectivity index (χ1n) is 7.69. The summed E-state index contributed by atoms with van der Waals surface area (Å²) in [5, 5.41) is 0. The highest BCUT2D eigenvalue weighted by molar-refractivity contribution is 5.94. The summed E-state index contributed by atoms with van der Waals surface area (Å²) in [5.74, 6) is -0.824. The number of amides is 1. The number of benzene rings is 2. The molecule has 0 bridgehead atoms. The quantitative estimate of drug-likeness (QED) is 0.762. The van der Waals surface area contributed by atoms with E-state index in [9.17, 15) is 22.4 Å². The van der Waals surface area contributed by atoms with E-state index in [1.54, 1.807) is 18.2 Å². The van der Waals surface area contributed by atoms with E-state index in [0.29, 0.717) is 12.1 Å². The second-order valence-electron chi connectivity index (χ2n) is 5.71. The van der Waals surface area contributed by atoms with E-state index < -0.39 is 29.6 Å². The predicted octanol–water partition coefficient (Wildman–Crippen LogP) is 4.06. The molecule has 25 heavy (non-hydrogen) atoms. The van der Waals surface area contributed by atoms with Crippen molar-refractivity contribution in [2.24, 2.45) is 0 Å². The fourth-order valence-electron chi connectivity index (χ4n) is 2.74. The molecule has 1 aliphatic heterocycles. The van der Waals surface area contributed by atoms with Crippen molar-refractivity contribution < 1.29 is 27.1 Å². The monoisotopic (exact) mass is 353 g/mol. The van der Waals surface area contributed by atoms with Crippen molar-refractivity contribution >= 4 is 5.91 Å². The van der Waals surface area contributed by atoms with Crippen LogP contribution in [0, 0.1) is 5.82 Å². The number of hydrogen-bond acceptors (Lipinski definition) is 2. The van der Waals surface area contributed by atoms with Crippen LogP contribution in [0.5, 0.6) is 0 Å². The van der Waals surface area contributed by atoms with Gasteiger partial charge in [0.15, 0.2) is 0 Å². The van der Waals surface area contributed by atoms with E-state index in [0.717, 1.165) is 24.3 Å². The summed E-state index contributed by atoms with van der Waals surface area (Å²) >= 11 is 0. The Labute approximate surface area is 141 Å². The summed E-state index contributed by atoms with van der Waals surface area (Å²) in [6, 6.07) is 10.2. The summed E-state index contributed by atoms with van der Waals surface area (Å²) in [5.41, 5.74) is -0.301. The summed E-state index contributed by atoms with van der Waals surface area (Å²) in [6.07, 6.45) is -5.05. The van der Waals surface area contributed by atoms with Crippen LogP contribution in [0.25, 0.3) is 0 Å². The minimum Gasteiger partial charge on any atom is -0.370 e. The highest BCUT2D eigenvalue weighted by atomic mass is 19.4. The summed E-state index contributed by atoms with van der Waals surface area (Å²) < 4.78 is 57.2. The maximum absolute atomic E-state index is 13.9. The van der Waals surface area contributed by atoms with E-state index in [1.165, 1.54) is 11.0 Å². The Morgan fingerprint density at radius 1 is 1.08 bits per heavy atom. The molecule has 1 saturated heterocycles. The first-order valence-corrected chi connectivity index (χ1v) is 7.69. The number of carbonyl (C=O) groups is 1. The van der Waals surface area contributed by atoms with Crippen LogP contribution >= 0.6 is 0 Å². The molecule has 1 amide bonds. The Kier molecular flexibility index (Phi) is 4.76. The number of ether oxygens (including phenoxy) is 1. The lowest BCUT2D eigenvalue weighted by Crippen LogP contribution is -2.42. The van der Waals surface area contributed by atoms with Crippen molar-refractivity contribution in [2.75, 3.05) is 19.7 Å². The molecule has 0 aliphatic carbocycles. The maximum Gasteiger partial charge on any atom is 0.416 e. The van der Waals surface area contributed by atoms with Crippen molar-refractivity contribution in [1.29, 1.82) is 0 Å². The molecule has 0 spiro atoms. The molecule has 7 heteroatoms. The molecule has 3 rings (SSSR count). The SMILES string of the molecule is O=C(c1ccc(C(F)(F)F)cc1)N1CCOC(c2ccccc2F)C1. The van der Waals surface area contributed by atoms with E-state index in [1.807, 2.05) is 0 Å². The lowest BCUT2D eigenvalue weighted by molar-refractivity contribution is -0.137. The molecule has 0 N–H and O–H groups in total.